The van der Waals surface area contributed by atoms with Crippen molar-refractivity contribution in [1.82, 2.24) is 0 Å². The van der Waals surface area contributed by atoms with Crippen molar-refractivity contribution in [3.63, 3.8) is 0 Å². The molecular weight excluding hydrogens is 258 g/mol. The van der Waals surface area contributed by atoms with Gasteiger partial charge in [0.05, 0.1) is 0 Å². The Morgan fingerprint density at radius 1 is 1.06 bits per heavy atom. The Kier molecular flexibility index (Phi) is 3.26. The van der Waals surface area contributed by atoms with Crippen LogP contribution in [0.3, 0.4) is 0 Å². The first kappa shape index (κ1) is 11.6. The first-order chi connectivity index (χ1) is 8.81. The second-order valence-electron chi connectivity index (χ2n) is 4.30. The molecule has 3 rings (SSSR count). The molecule has 3 heterocycles. The summed E-state index contributed by atoms with van der Waals surface area (Å²) in [6.45, 7) is 0. The van der Waals surface area contributed by atoms with E-state index in [1.807, 2.05) is 11.3 Å². The summed E-state index contributed by atoms with van der Waals surface area (Å²) in [5.74, 6) is 0. The van der Waals surface area contributed by atoms with Gasteiger partial charge < -0.3 is 0 Å². The lowest BCUT2D eigenvalue weighted by atomic mass is 10.2. The van der Waals surface area contributed by atoms with Gasteiger partial charge in [-0.1, -0.05) is 6.07 Å². The molecule has 0 radical (unpaired) electrons. The summed E-state index contributed by atoms with van der Waals surface area (Å²) in [6.07, 6.45) is 5.27. The van der Waals surface area contributed by atoms with Crippen LogP contribution >= 0.6 is 22.7 Å². The molecule has 0 aromatic carbocycles. The predicted octanol–water partition coefficient (Wildman–Crippen LogP) is 3.89. The van der Waals surface area contributed by atoms with E-state index in [2.05, 4.69) is 65.8 Å². The quantitative estimate of drug-likeness (QED) is 0.637. The zero-order chi connectivity index (χ0) is 12.4. The van der Waals surface area contributed by atoms with Gasteiger partial charge in [-0.05, 0) is 29.6 Å². The molecule has 0 saturated heterocycles. The van der Waals surface area contributed by atoms with Crippen molar-refractivity contribution in [3.8, 4) is 9.75 Å². The van der Waals surface area contributed by atoms with E-state index in [9.17, 15) is 0 Å². The Morgan fingerprint density at radius 3 is 2.78 bits per heavy atom. The summed E-state index contributed by atoms with van der Waals surface area (Å²) >= 11 is 3.70. The summed E-state index contributed by atoms with van der Waals surface area (Å²) < 4.78 is 2.10. The van der Waals surface area contributed by atoms with Crippen LogP contribution in [0.15, 0.2) is 54.2 Å². The minimum absolute atomic E-state index is 1.02. The predicted molar refractivity (Wildman–Crippen MR) is 78.1 cm³/mol. The fraction of sp³-hybridized carbons (Fsp3) is 0.133. The second-order valence-corrected chi connectivity index (χ2v) is 6.41. The van der Waals surface area contributed by atoms with Crippen molar-refractivity contribution in [3.05, 3.63) is 64.6 Å². The molecule has 0 spiro atoms. The van der Waals surface area contributed by atoms with Crippen molar-refractivity contribution in [2.24, 2.45) is 7.05 Å². The highest BCUT2D eigenvalue weighted by atomic mass is 32.1. The molecule has 0 aliphatic heterocycles. The third-order valence-corrected chi connectivity index (χ3v) is 4.96. The van der Waals surface area contributed by atoms with E-state index in [0.29, 0.717) is 0 Å². The van der Waals surface area contributed by atoms with E-state index in [1.165, 1.54) is 20.2 Å². The summed E-state index contributed by atoms with van der Waals surface area (Å²) in [5.41, 5.74) is 1.36. The second kappa shape index (κ2) is 5.04. The van der Waals surface area contributed by atoms with Gasteiger partial charge in [0.15, 0.2) is 12.4 Å². The Morgan fingerprint density at radius 2 is 2.00 bits per heavy atom. The van der Waals surface area contributed by atoms with Gasteiger partial charge in [-0.2, -0.15) is 0 Å². The molecule has 0 amide bonds. The molecule has 3 aromatic rings. The Labute approximate surface area is 115 Å². The van der Waals surface area contributed by atoms with Crippen molar-refractivity contribution >= 4 is 22.7 Å². The lowest BCUT2D eigenvalue weighted by Crippen LogP contribution is -2.26. The lowest BCUT2D eigenvalue weighted by molar-refractivity contribution is -0.671. The fourth-order valence-electron chi connectivity index (χ4n) is 1.98. The van der Waals surface area contributed by atoms with Crippen molar-refractivity contribution in [1.29, 1.82) is 0 Å². The average Bonchev–Trinajstić information content (AvgIpc) is 2.98. The number of aromatic nitrogens is 1. The molecule has 0 N–H and O–H groups in total. The lowest BCUT2D eigenvalue weighted by Gasteiger charge is -1.96. The molecule has 3 heteroatoms. The molecule has 1 nitrogen and oxygen atoms in total. The SMILES string of the molecule is C[n+]1cccc(Cc2ccc(-c3cccs3)s2)c1. The van der Waals surface area contributed by atoms with Gasteiger partial charge in [0.2, 0.25) is 0 Å². The molecule has 3 aromatic heterocycles. The molecule has 18 heavy (non-hydrogen) atoms. The minimum atomic E-state index is 1.02. The molecule has 0 aliphatic carbocycles. The average molecular weight is 272 g/mol. The third kappa shape index (κ3) is 2.52. The van der Waals surface area contributed by atoms with Crippen molar-refractivity contribution in [2.75, 3.05) is 0 Å². The van der Waals surface area contributed by atoms with Crippen LogP contribution in [0, 0.1) is 0 Å². The number of thiophene rings is 2. The van der Waals surface area contributed by atoms with Crippen LogP contribution < -0.4 is 4.57 Å². The molecular formula is C15H14NS2+. The van der Waals surface area contributed by atoms with Gasteiger partial charge in [-0.25, -0.2) is 4.57 Å². The number of nitrogens with zero attached hydrogens (tertiary/aromatic N) is 1. The van der Waals surface area contributed by atoms with Crippen LogP contribution in [0.1, 0.15) is 10.4 Å². The highest BCUT2D eigenvalue weighted by Crippen LogP contribution is 2.32. The van der Waals surface area contributed by atoms with Gasteiger partial charge in [0, 0.05) is 32.7 Å². The minimum Gasteiger partial charge on any atom is -0.208 e. The number of aryl methyl sites for hydroxylation is 1. The van der Waals surface area contributed by atoms with Gasteiger partial charge in [-0.15, -0.1) is 22.7 Å². The van der Waals surface area contributed by atoms with Crippen LogP contribution in [-0.2, 0) is 13.5 Å². The van der Waals surface area contributed by atoms with E-state index in [-0.39, 0.29) is 0 Å². The maximum Gasteiger partial charge on any atom is 0.172 e. The van der Waals surface area contributed by atoms with Crippen molar-refractivity contribution in [2.45, 2.75) is 6.42 Å². The molecule has 0 atom stereocenters. The van der Waals surface area contributed by atoms with Gasteiger partial charge in [-0.3, -0.25) is 0 Å². The monoisotopic (exact) mass is 272 g/mol. The summed E-state index contributed by atoms with van der Waals surface area (Å²) in [7, 11) is 2.06. The molecule has 0 bridgehead atoms. The van der Waals surface area contributed by atoms with Crippen LogP contribution in [0.4, 0.5) is 0 Å². The van der Waals surface area contributed by atoms with E-state index in [4.69, 9.17) is 0 Å². The van der Waals surface area contributed by atoms with E-state index >= 15 is 0 Å². The standard InChI is InChI=1S/C15H14NS2/c1-16-8-2-4-12(11-16)10-13-6-7-15(18-13)14-5-3-9-17-14/h2-9,11H,10H2,1H3/q+1. The van der Waals surface area contributed by atoms with Gasteiger partial charge in [0.1, 0.15) is 7.05 Å². The maximum absolute atomic E-state index is 2.24. The zero-order valence-electron chi connectivity index (χ0n) is 10.2. The number of rotatable bonds is 3. The first-order valence-electron chi connectivity index (χ1n) is 5.88. The summed E-state index contributed by atoms with van der Waals surface area (Å²) in [4.78, 5) is 4.16. The van der Waals surface area contributed by atoms with Crippen LogP contribution in [0.2, 0.25) is 0 Å². The van der Waals surface area contributed by atoms with Gasteiger partial charge in [0.25, 0.3) is 0 Å². The molecule has 90 valence electrons. The Hall–Kier alpha value is -1.45. The highest BCUT2D eigenvalue weighted by Gasteiger charge is 2.06. The van der Waals surface area contributed by atoms with Crippen LogP contribution in [0.5, 0.6) is 0 Å². The van der Waals surface area contributed by atoms with Crippen molar-refractivity contribution < 1.29 is 4.57 Å². The maximum atomic E-state index is 2.24. The Bertz CT molecular complexity index is 638. The van der Waals surface area contributed by atoms with E-state index in [0.717, 1.165) is 6.42 Å². The normalized spacial score (nSPS) is 10.7. The summed E-state index contributed by atoms with van der Waals surface area (Å²) in [5, 5.41) is 2.13. The summed E-state index contributed by atoms with van der Waals surface area (Å²) in [6, 6.07) is 13.1. The smallest absolute Gasteiger partial charge is 0.172 e. The molecule has 0 saturated carbocycles. The van der Waals surface area contributed by atoms with Crippen LogP contribution in [0.25, 0.3) is 9.75 Å². The largest absolute Gasteiger partial charge is 0.208 e. The molecule has 0 unspecified atom stereocenters. The van der Waals surface area contributed by atoms with E-state index in [1.54, 1.807) is 11.3 Å². The highest BCUT2D eigenvalue weighted by molar-refractivity contribution is 7.21. The fourth-order valence-corrected chi connectivity index (χ4v) is 3.86. The number of pyridine rings is 1. The topological polar surface area (TPSA) is 3.88 Å². The number of hydrogen-bond acceptors (Lipinski definition) is 2. The zero-order valence-corrected chi connectivity index (χ0v) is 11.8. The third-order valence-electron chi connectivity index (χ3n) is 2.80. The van der Waals surface area contributed by atoms with Crippen LogP contribution in [-0.4, -0.2) is 0 Å². The first-order valence-corrected chi connectivity index (χ1v) is 7.57. The van der Waals surface area contributed by atoms with Gasteiger partial charge >= 0.3 is 0 Å². The molecule has 0 fully saturated rings. The number of hydrogen-bond donors (Lipinski definition) is 0. The van der Waals surface area contributed by atoms with E-state index < -0.39 is 0 Å². The molecule has 0 aliphatic rings. The Balaban J connectivity index is 1.82.